The molecule has 0 saturated heterocycles. The number of carbonyl (C=O) groups excluding carboxylic acids is 1. The summed E-state index contributed by atoms with van der Waals surface area (Å²) in [5.41, 5.74) is 2.30. The van der Waals surface area contributed by atoms with Gasteiger partial charge in [-0.05, 0) is 109 Å². The summed E-state index contributed by atoms with van der Waals surface area (Å²) in [5.74, 6) is 5.46. The minimum absolute atomic E-state index is 0.103. The maximum absolute atomic E-state index is 12.5. The molecule has 0 spiro atoms. The SMILES string of the molecule is CC(C)CCC[C@@H](C)[C@@H]1CC[C@H]2[C@H]3CC=C4C[C@@H](OC(=O)Oc5cccc(Cl)c5)CC[C@]4(C)[C@@H]3CC[C@@]21C. The summed E-state index contributed by atoms with van der Waals surface area (Å²) in [6, 6.07) is 6.90. The molecule has 0 aliphatic heterocycles. The van der Waals surface area contributed by atoms with Crippen LogP contribution in [0.15, 0.2) is 35.9 Å². The van der Waals surface area contributed by atoms with Crippen LogP contribution in [0.5, 0.6) is 5.75 Å². The molecule has 38 heavy (non-hydrogen) atoms. The van der Waals surface area contributed by atoms with Gasteiger partial charge in [-0.25, -0.2) is 4.79 Å². The van der Waals surface area contributed by atoms with E-state index in [1.165, 1.54) is 56.9 Å². The first-order valence-electron chi connectivity index (χ1n) is 15.4. The zero-order valence-corrected chi connectivity index (χ0v) is 25.1. The Balaban J connectivity index is 1.22. The fourth-order valence-electron chi connectivity index (χ4n) is 9.54. The second kappa shape index (κ2) is 11.2. The lowest BCUT2D eigenvalue weighted by Gasteiger charge is -2.58. The molecule has 0 bridgehead atoms. The van der Waals surface area contributed by atoms with Crippen LogP contribution in [0.25, 0.3) is 0 Å². The lowest BCUT2D eigenvalue weighted by molar-refractivity contribution is -0.0597. The molecular formula is C34H49ClO3. The van der Waals surface area contributed by atoms with Crippen LogP contribution in [-0.4, -0.2) is 12.3 Å². The van der Waals surface area contributed by atoms with Gasteiger partial charge in [-0.3, -0.25) is 0 Å². The van der Waals surface area contributed by atoms with Crippen molar-refractivity contribution in [2.45, 2.75) is 111 Å². The van der Waals surface area contributed by atoms with Gasteiger partial charge < -0.3 is 9.47 Å². The summed E-state index contributed by atoms with van der Waals surface area (Å²) >= 11 is 6.02. The summed E-state index contributed by atoms with van der Waals surface area (Å²) < 4.78 is 11.2. The van der Waals surface area contributed by atoms with Crippen LogP contribution in [0.1, 0.15) is 105 Å². The maximum atomic E-state index is 12.5. The second-order valence-corrected chi connectivity index (χ2v) is 14.5. The summed E-state index contributed by atoms with van der Waals surface area (Å²) in [4.78, 5) is 12.5. The third-order valence-corrected chi connectivity index (χ3v) is 11.8. The van der Waals surface area contributed by atoms with E-state index in [9.17, 15) is 4.79 Å². The Labute approximate surface area is 236 Å². The van der Waals surface area contributed by atoms with E-state index in [4.69, 9.17) is 21.1 Å². The predicted octanol–water partition coefficient (Wildman–Crippen LogP) is 10.3. The molecule has 5 rings (SSSR count). The van der Waals surface area contributed by atoms with Crippen molar-refractivity contribution in [2.75, 3.05) is 0 Å². The first kappa shape index (κ1) is 28.1. The Morgan fingerprint density at radius 1 is 1.05 bits per heavy atom. The van der Waals surface area contributed by atoms with Crippen LogP contribution in [-0.2, 0) is 4.74 Å². The van der Waals surface area contributed by atoms with Crippen molar-refractivity contribution >= 4 is 17.8 Å². The van der Waals surface area contributed by atoms with Gasteiger partial charge >= 0.3 is 6.16 Å². The molecule has 4 heteroatoms. The van der Waals surface area contributed by atoms with Crippen molar-refractivity contribution in [1.29, 1.82) is 0 Å². The highest BCUT2D eigenvalue weighted by Gasteiger charge is 2.59. The molecule has 0 radical (unpaired) electrons. The summed E-state index contributed by atoms with van der Waals surface area (Å²) in [7, 11) is 0. The fraction of sp³-hybridized carbons (Fsp3) is 0.735. The van der Waals surface area contributed by atoms with Crippen LogP contribution in [0.3, 0.4) is 0 Å². The van der Waals surface area contributed by atoms with E-state index in [2.05, 4.69) is 40.7 Å². The van der Waals surface area contributed by atoms with E-state index in [1.54, 1.807) is 24.3 Å². The third-order valence-electron chi connectivity index (χ3n) is 11.5. The van der Waals surface area contributed by atoms with Crippen LogP contribution in [0, 0.1) is 46.3 Å². The molecule has 1 aromatic rings. The van der Waals surface area contributed by atoms with Gasteiger partial charge in [0.05, 0.1) is 0 Å². The van der Waals surface area contributed by atoms with E-state index in [-0.39, 0.29) is 11.5 Å². The van der Waals surface area contributed by atoms with E-state index in [0.29, 0.717) is 16.2 Å². The predicted molar refractivity (Wildman–Crippen MR) is 155 cm³/mol. The standard InChI is InChI=1S/C34H49ClO3/c1-22(2)8-6-9-23(3)29-14-15-30-28-13-12-24-20-27(38-32(36)37-26-11-7-10-25(35)21-26)16-18-33(24,4)31(28)17-19-34(29,30)5/h7,10-12,21-23,27-31H,6,8-9,13-20H2,1-5H3/t23-,27+,28-,29+,30+,31-,33+,34-/m1/s1. The van der Waals surface area contributed by atoms with Gasteiger partial charge in [0.15, 0.2) is 0 Å². The van der Waals surface area contributed by atoms with Gasteiger partial charge in [-0.2, -0.15) is 0 Å². The largest absolute Gasteiger partial charge is 0.514 e. The van der Waals surface area contributed by atoms with Gasteiger partial charge in [-0.1, -0.05) is 83.2 Å². The lowest BCUT2D eigenvalue weighted by Crippen LogP contribution is -2.51. The van der Waals surface area contributed by atoms with Gasteiger partial charge in [0.1, 0.15) is 11.9 Å². The van der Waals surface area contributed by atoms with E-state index in [0.717, 1.165) is 54.8 Å². The van der Waals surface area contributed by atoms with Crippen LogP contribution in [0.4, 0.5) is 4.79 Å². The highest BCUT2D eigenvalue weighted by atomic mass is 35.5. The topological polar surface area (TPSA) is 35.5 Å². The summed E-state index contributed by atoms with van der Waals surface area (Å²) in [5, 5.41) is 0.545. The van der Waals surface area contributed by atoms with Gasteiger partial charge in [0.2, 0.25) is 0 Å². The quantitative estimate of drug-likeness (QED) is 0.196. The second-order valence-electron chi connectivity index (χ2n) is 14.1. The third kappa shape index (κ3) is 5.43. The van der Waals surface area contributed by atoms with E-state index in [1.807, 2.05) is 0 Å². The minimum atomic E-state index is -0.622. The molecule has 0 amide bonds. The molecule has 0 heterocycles. The molecule has 0 aromatic heterocycles. The number of allylic oxidation sites excluding steroid dienone is 1. The highest BCUT2D eigenvalue weighted by molar-refractivity contribution is 6.30. The number of benzene rings is 1. The minimum Gasteiger partial charge on any atom is -0.430 e. The molecule has 8 atom stereocenters. The monoisotopic (exact) mass is 540 g/mol. The van der Waals surface area contributed by atoms with Crippen LogP contribution in [0.2, 0.25) is 5.02 Å². The Bertz CT molecular complexity index is 1030. The number of carbonyl (C=O) groups is 1. The zero-order valence-electron chi connectivity index (χ0n) is 24.3. The number of halogens is 1. The smallest absolute Gasteiger partial charge is 0.430 e. The van der Waals surface area contributed by atoms with Crippen molar-refractivity contribution in [3.05, 3.63) is 40.9 Å². The van der Waals surface area contributed by atoms with Crippen molar-refractivity contribution in [3.63, 3.8) is 0 Å². The van der Waals surface area contributed by atoms with Crippen LogP contribution < -0.4 is 4.74 Å². The first-order chi connectivity index (χ1) is 18.1. The molecule has 0 N–H and O–H groups in total. The number of hydrogen-bond donors (Lipinski definition) is 0. The van der Waals surface area contributed by atoms with Gasteiger partial charge in [-0.15, -0.1) is 0 Å². The molecular weight excluding hydrogens is 492 g/mol. The zero-order chi connectivity index (χ0) is 27.1. The lowest BCUT2D eigenvalue weighted by atomic mass is 9.47. The normalized spacial score (nSPS) is 37.0. The van der Waals surface area contributed by atoms with Gasteiger partial charge in [0.25, 0.3) is 0 Å². The number of hydrogen-bond acceptors (Lipinski definition) is 3. The maximum Gasteiger partial charge on any atom is 0.514 e. The molecule has 4 aliphatic rings. The molecule has 3 fully saturated rings. The molecule has 4 aliphatic carbocycles. The van der Waals surface area contributed by atoms with E-state index < -0.39 is 6.16 Å². The fourth-order valence-corrected chi connectivity index (χ4v) is 9.72. The Hall–Kier alpha value is -1.48. The molecule has 1 aromatic carbocycles. The number of fused-ring (bicyclic) bond motifs is 5. The Morgan fingerprint density at radius 3 is 2.63 bits per heavy atom. The first-order valence-corrected chi connectivity index (χ1v) is 15.8. The van der Waals surface area contributed by atoms with Crippen LogP contribution >= 0.6 is 11.6 Å². The Morgan fingerprint density at radius 2 is 1.87 bits per heavy atom. The van der Waals surface area contributed by atoms with Crippen molar-refractivity contribution in [1.82, 2.24) is 0 Å². The van der Waals surface area contributed by atoms with Gasteiger partial charge in [0, 0.05) is 11.4 Å². The number of ether oxygens (including phenoxy) is 2. The van der Waals surface area contributed by atoms with Crippen molar-refractivity contribution in [2.24, 2.45) is 46.3 Å². The van der Waals surface area contributed by atoms with E-state index >= 15 is 0 Å². The molecule has 0 unspecified atom stereocenters. The summed E-state index contributed by atoms with van der Waals surface area (Å²) in [6.07, 6.45) is 15.7. The van der Waals surface area contributed by atoms with Crippen molar-refractivity contribution < 1.29 is 14.3 Å². The highest BCUT2D eigenvalue weighted by Crippen LogP contribution is 2.67. The number of rotatable bonds is 7. The molecule has 3 saturated carbocycles. The summed E-state index contributed by atoms with van der Waals surface area (Å²) in [6.45, 7) is 12.5. The van der Waals surface area contributed by atoms with Crippen molar-refractivity contribution in [3.8, 4) is 5.75 Å². The average Bonchev–Trinajstić information content (AvgIpc) is 3.21. The molecule has 3 nitrogen and oxygen atoms in total. The Kier molecular flexibility index (Phi) is 8.26. The molecule has 210 valence electrons. The average molecular weight is 541 g/mol.